The number of furan rings is 1. The molecule has 2 atom stereocenters. The Kier molecular flexibility index (Phi) is 4.30. The van der Waals surface area contributed by atoms with Gasteiger partial charge in [-0.1, -0.05) is 30.3 Å². The molecule has 1 aromatic heterocycles. The predicted molar refractivity (Wildman–Crippen MR) is 87.0 cm³/mol. The molecule has 2 unspecified atom stereocenters. The van der Waals surface area contributed by atoms with E-state index in [1.807, 2.05) is 50.2 Å². The van der Waals surface area contributed by atoms with Crippen LogP contribution < -0.4 is 5.43 Å². The Labute approximate surface area is 135 Å². The Bertz CT molecular complexity index is 708. The van der Waals surface area contributed by atoms with Gasteiger partial charge < -0.3 is 9.15 Å². The van der Waals surface area contributed by atoms with Crippen molar-refractivity contribution < 1.29 is 13.9 Å². The van der Waals surface area contributed by atoms with Gasteiger partial charge in [0.15, 0.2) is 0 Å². The van der Waals surface area contributed by atoms with Gasteiger partial charge in [0, 0.05) is 6.61 Å². The van der Waals surface area contributed by atoms with Crippen LogP contribution in [0.25, 0.3) is 0 Å². The maximum absolute atomic E-state index is 12.3. The smallest absolute Gasteiger partial charge is 0.246 e. The molecule has 1 heterocycles. The molecule has 1 aliphatic rings. The summed E-state index contributed by atoms with van der Waals surface area (Å²) in [6.07, 6.45) is 2.17. The molecule has 0 spiro atoms. The quantitative estimate of drug-likeness (QED) is 0.659. The Balaban J connectivity index is 1.65. The van der Waals surface area contributed by atoms with E-state index < -0.39 is 5.60 Å². The molecule has 5 heteroatoms. The van der Waals surface area contributed by atoms with Gasteiger partial charge in [-0.3, -0.25) is 4.79 Å². The average molecular weight is 312 g/mol. The number of hydrogen-bond donors (Lipinski definition) is 1. The highest BCUT2D eigenvalue weighted by Gasteiger charge is 2.60. The third kappa shape index (κ3) is 3.19. The van der Waals surface area contributed by atoms with Crippen LogP contribution in [0.2, 0.25) is 0 Å². The fourth-order valence-electron chi connectivity index (χ4n) is 2.85. The van der Waals surface area contributed by atoms with E-state index in [-0.39, 0.29) is 11.8 Å². The standard InChI is InChI=1S/C18H20N2O3/c1-3-22-18(14-7-5-4-6-8-14)11-16(18)17(21)20-19-12-15-10-9-13(2)23-15/h4-10,12,16H,3,11H2,1-2H3,(H,20,21). The summed E-state index contributed by atoms with van der Waals surface area (Å²) < 4.78 is 11.3. The zero-order valence-corrected chi connectivity index (χ0v) is 13.3. The Morgan fingerprint density at radius 3 is 2.83 bits per heavy atom. The maximum atomic E-state index is 12.3. The summed E-state index contributed by atoms with van der Waals surface area (Å²) in [5.41, 5.74) is 3.09. The lowest BCUT2D eigenvalue weighted by Crippen LogP contribution is -2.26. The molecule has 3 rings (SSSR count). The number of carbonyl (C=O) groups excluding carboxylic acids is 1. The number of carbonyl (C=O) groups is 1. The van der Waals surface area contributed by atoms with E-state index in [1.54, 1.807) is 6.07 Å². The highest BCUT2D eigenvalue weighted by Crippen LogP contribution is 2.55. The second kappa shape index (κ2) is 6.38. The number of amides is 1. The zero-order chi connectivity index (χ0) is 16.3. The Morgan fingerprint density at radius 1 is 1.39 bits per heavy atom. The molecule has 0 bridgehead atoms. The van der Waals surface area contributed by atoms with Crippen LogP contribution in [0.15, 0.2) is 52.0 Å². The minimum Gasteiger partial charge on any atom is -0.460 e. The summed E-state index contributed by atoms with van der Waals surface area (Å²) in [5, 5.41) is 3.96. The molecular weight excluding hydrogens is 292 g/mol. The first-order chi connectivity index (χ1) is 11.2. The molecule has 1 aliphatic carbocycles. The molecule has 1 N–H and O–H groups in total. The summed E-state index contributed by atoms with van der Waals surface area (Å²) in [5.74, 6) is 1.05. The highest BCUT2D eigenvalue weighted by atomic mass is 16.5. The Hall–Kier alpha value is -2.40. The molecule has 5 nitrogen and oxygen atoms in total. The van der Waals surface area contributed by atoms with E-state index in [2.05, 4.69) is 10.5 Å². The number of nitrogens with one attached hydrogen (secondary N) is 1. The number of aryl methyl sites for hydroxylation is 1. The third-order valence-electron chi connectivity index (χ3n) is 4.02. The van der Waals surface area contributed by atoms with Crippen molar-refractivity contribution in [3.05, 3.63) is 59.5 Å². The molecule has 23 heavy (non-hydrogen) atoms. The van der Waals surface area contributed by atoms with E-state index in [4.69, 9.17) is 9.15 Å². The third-order valence-corrected chi connectivity index (χ3v) is 4.02. The number of hydrogen-bond acceptors (Lipinski definition) is 4. The van der Waals surface area contributed by atoms with Crippen molar-refractivity contribution in [2.24, 2.45) is 11.0 Å². The molecule has 1 fully saturated rings. The minimum absolute atomic E-state index is 0.137. The molecule has 0 aliphatic heterocycles. The van der Waals surface area contributed by atoms with Crippen molar-refractivity contribution in [1.29, 1.82) is 0 Å². The fraction of sp³-hybridized carbons (Fsp3) is 0.333. The van der Waals surface area contributed by atoms with Gasteiger partial charge in [-0.25, -0.2) is 5.43 Å². The number of rotatable bonds is 6. The van der Waals surface area contributed by atoms with Crippen LogP contribution in [0, 0.1) is 12.8 Å². The van der Waals surface area contributed by atoms with E-state index >= 15 is 0 Å². The lowest BCUT2D eigenvalue weighted by molar-refractivity contribution is -0.124. The van der Waals surface area contributed by atoms with Crippen LogP contribution in [-0.2, 0) is 15.1 Å². The first-order valence-electron chi connectivity index (χ1n) is 7.74. The summed E-state index contributed by atoms with van der Waals surface area (Å²) in [6, 6.07) is 13.5. The van der Waals surface area contributed by atoms with Crippen LogP contribution in [0.1, 0.15) is 30.4 Å². The van der Waals surface area contributed by atoms with Crippen molar-refractivity contribution in [3.63, 3.8) is 0 Å². The van der Waals surface area contributed by atoms with Gasteiger partial charge >= 0.3 is 0 Å². The average Bonchev–Trinajstić information content (AvgIpc) is 3.15. The van der Waals surface area contributed by atoms with Crippen LogP contribution >= 0.6 is 0 Å². The van der Waals surface area contributed by atoms with Crippen molar-refractivity contribution in [3.8, 4) is 0 Å². The number of ether oxygens (including phenoxy) is 1. The first kappa shape index (κ1) is 15.5. The molecule has 2 aromatic rings. The summed E-state index contributed by atoms with van der Waals surface area (Å²) in [7, 11) is 0. The van der Waals surface area contributed by atoms with E-state index in [9.17, 15) is 4.79 Å². The van der Waals surface area contributed by atoms with Crippen molar-refractivity contribution in [2.45, 2.75) is 25.9 Å². The second-order valence-corrected chi connectivity index (χ2v) is 5.63. The minimum atomic E-state index is -0.517. The molecule has 1 aromatic carbocycles. The lowest BCUT2D eigenvalue weighted by Gasteiger charge is -2.17. The molecular formula is C18H20N2O3. The lowest BCUT2D eigenvalue weighted by atomic mass is 10.1. The van der Waals surface area contributed by atoms with Crippen molar-refractivity contribution in [1.82, 2.24) is 5.43 Å². The molecule has 0 radical (unpaired) electrons. The van der Waals surface area contributed by atoms with Crippen LogP contribution in [-0.4, -0.2) is 18.7 Å². The summed E-state index contributed by atoms with van der Waals surface area (Å²) >= 11 is 0. The summed E-state index contributed by atoms with van der Waals surface area (Å²) in [6.45, 7) is 4.36. The van der Waals surface area contributed by atoms with Gasteiger partial charge in [0.05, 0.1) is 12.1 Å². The van der Waals surface area contributed by atoms with Gasteiger partial charge in [-0.15, -0.1) is 0 Å². The van der Waals surface area contributed by atoms with Crippen molar-refractivity contribution in [2.75, 3.05) is 6.61 Å². The molecule has 120 valence electrons. The maximum Gasteiger partial charge on any atom is 0.246 e. The predicted octanol–water partition coefficient (Wildman–Crippen LogP) is 2.99. The van der Waals surface area contributed by atoms with Gasteiger partial charge in [0.1, 0.15) is 17.1 Å². The van der Waals surface area contributed by atoms with E-state index in [0.29, 0.717) is 18.8 Å². The molecule has 1 saturated carbocycles. The monoisotopic (exact) mass is 312 g/mol. The van der Waals surface area contributed by atoms with E-state index in [1.165, 1.54) is 6.21 Å². The number of benzene rings is 1. The van der Waals surface area contributed by atoms with Crippen LogP contribution in [0.4, 0.5) is 0 Å². The fourth-order valence-corrected chi connectivity index (χ4v) is 2.85. The van der Waals surface area contributed by atoms with Crippen LogP contribution in [0.3, 0.4) is 0 Å². The van der Waals surface area contributed by atoms with Gasteiger partial charge in [0.2, 0.25) is 5.91 Å². The molecule has 1 amide bonds. The second-order valence-electron chi connectivity index (χ2n) is 5.63. The zero-order valence-electron chi connectivity index (χ0n) is 13.3. The summed E-state index contributed by atoms with van der Waals surface area (Å²) in [4.78, 5) is 12.3. The largest absolute Gasteiger partial charge is 0.460 e. The SMILES string of the molecule is CCOC1(c2ccccc2)CC1C(=O)NN=Cc1ccc(C)o1. The normalized spacial score (nSPS) is 23.1. The van der Waals surface area contributed by atoms with Crippen LogP contribution in [0.5, 0.6) is 0 Å². The number of nitrogens with zero attached hydrogens (tertiary/aromatic N) is 1. The van der Waals surface area contributed by atoms with Crippen molar-refractivity contribution >= 4 is 12.1 Å². The van der Waals surface area contributed by atoms with Gasteiger partial charge in [-0.05, 0) is 38.0 Å². The Morgan fingerprint density at radius 2 is 2.17 bits per heavy atom. The van der Waals surface area contributed by atoms with E-state index in [0.717, 1.165) is 11.3 Å². The first-order valence-corrected chi connectivity index (χ1v) is 7.74. The van der Waals surface area contributed by atoms with Gasteiger partial charge in [0.25, 0.3) is 0 Å². The highest BCUT2D eigenvalue weighted by molar-refractivity contribution is 5.85. The number of hydrazone groups is 1. The van der Waals surface area contributed by atoms with Gasteiger partial charge in [-0.2, -0.15) is 5.10 Å². The topological polar surface area (TPSA) is 63.8 Å². The molecule has 0 saturated heterocycles.